The fraction of sp³-hybridized carbons (Fsp3) is 0.250. The first kappa shape index (κ1) is 23.7. The minimum Gasteiger partial charge on any atom is -0.465 e. The van der Waals surface area contributed by atoms with Gasteiger partial charge in [0.1, 0.15) is 11.5 Å². The van der Waals surface area contributed by atoms with Crippen molar-refractivity contribution in [3.05, 3.63) is 94.4 Å². The first-order valence-electron chi connectivity index (χ1n) is 9.76. The van der Waals surface area contributed by atoms with Crippen LogP contribution in [0.5, 0.6) is 11.5 Å². The normalized spacial score (nSPS) is 9.28. The summed E-state index contributed by atoms with van der Waals surface area (Å²) in [5, 5.41) is 0. The second-order valence-corrected chi connectivity index (χ2v) is 5.43. The molecular weight excluding hydrogens is 366 g/mol. The summed E-state index contributed by atoms with van der Waals surface area (Å²) in [5.41, 5.74) is 1.38. The molecule has 0 N–H and O–H groups in total. The maximum absolute atomic E-state index is 11.7. The zero-order chi connectivity index (χ0) is 21.6. The van der Waals surface area contributed by atoms with Crippen LogP contribution in [0.25, 0.3) is 0 Å². The van der Waals surface area contributed by atoms with E-state index in [1.165, 1.54) is 13.2 Å². The number of rotatable bonds is 5. The molecule has 0 bridgehead atoms. The molecule has 0 aliphatic heterocycles. The van der Waals surface area contributed by atoms with Crippen LogP contribution in [-0.4, -0.2) is 17.6 Å². The third-order valence-electron chi connectivity index (χ3n) is 3.67. The molecule has 0 unspecified atom stereocenters. The number of ether oxygens (including phenoxy) is 2. The van der Waals surface area contributed by atoms with Crippen molar-refractivity contribution < 1.29 is 14.3 Å². The summed E-state index contributed by atoms with van der Waals surface area (Å²) in [6.07, 6.45) is 1.76. The number of esters is 1. The van der Waals surface area contributed by atoms with Crippen molar-refractivity contribution in [1.29, 1.82) is 0 Å². The largest absolute Gasteiger partial charge is 0.465 e. The molecule has 5 nitrogen and oxygen atoms in total. The summed E-state index contributed by atoms with van der Waals surface area (Å²) in [6.45, 7) is 8.50. The van der Waals surface area contributed by atoms with Crippen LogP contribution in [0.15, 0.2) is 77.7 Å². The van der Waals surface area contributed by atoms with Crippen LogP contribution >= 0.6 is 0 Å². The number of pyridine rings is 1. The Labute approximate surface area is 172 Å². The van der Waals surface area contributed by atoms with Crippen LogP contribution in [0.3, 0.4) is 0 Å². The maximum atomic E-state index is 11.7. The van der Waals surface area contributed by atoms with E-state index in [-0.39, 0.29) is 5.56 Å². The lowest BCUT2D eigenvalue weighted by molar-refractivity contribution is 0.0600. The van der Waals surface area contributed by atoms with Crippen molar-refractivity contribution in [3.63, 3.8) is 0 Å². The monoisotopic (exact) mass is 395 g/mol. The zero-order valence-electron chi connectivity index (χ0n) is 17.7. The van der Waals surface area contributed by atoms with E-state index in [0.29, 0.717) is 23.6 Å². The quantitative estimate of drug-likeness (QED) is 0.533. The molecule has 0 saturated heterocycles. The van der Waals surface area contributed by atoms with Crippen LogP contribution in [0.1, 0.15) is 43.6 Å². The Bertz CT molecular complexity index is 930. The van der Waals surface area contributed by atoms with Gasteiger partial charge in [0.25, 0.3) is 5.56 Å². The van der Waals surface area contributed by atoms with E-state index in [1.807, 2.05) is 58.0 Å². The zero-order valence-corrected chi connectivity index (χ0v) is 17.7. The van der Waals surface area contributed by atoms with Gasteiger partial charge in [0.2, 0.25) is 0 Å². The third-order valence-corrected chi connectivity index (χ3v) is 3.67. The van der Waals surface area contributed by atoms with Crippen LogP contribution in [0.4, 0.5) is 0 Å². The van der Waals surface area contributed by atoms with Gasteiger partial charge in [-0.25, -0.2) is 4.79 Å². The minimum atomic E-state index is -0.408. The SMILES string of the molecule is CC.CC.COC(=O)c1cccc(Oc2ccc(Cn3ccccc3=O)cc2)c1. The summed E-state index contributed by atoms with van der Waals surface area (Å²) >= 11 is 0. The van der Waals surface area contributed by atoms with E-state index in [2.05, 4.69) is 0 Å². The Balaban J connectivity index is 0.000000989. The van der Waals surface area contributed by atoms with E-state index in [9.17, 15) is 9.59 Å². The number of hydrogen-bond acceptors (Lipinski definition) is 4. The number of nitrogens with zero attached hydrogens (tertiary/aromatic N) is 1. The first-order valence-corrected chi connectivity index (χ1v) is 9.76. The van der Waals surface area contributed by atoms with E-state index in [0.717, 1.165) is 5.56 Å². The fourth-order valence-electron chi connectivity index (χ4n) is 2.39. The smallest absolute Gasteiger partial charge is 0.337 e. The van der Waals surface area contributed by atoms with Gasteiger partial charge in [-0.1, -0.05) is 52.0 Å². The second-order valence-electron chi connectivity index (χ2n) is 5.43. The number of methoxy groups -OCH3 is 1. The molecule has 0 atom stereocenters. The molecule has 29 heavy (non-hydrogen) atoms. The number of hydrogen-bond donors (Lipinski definition) is 0. The van der Waals surface area contributed by atoms with Crippen molar-refractivity contribution >= 4 is 5.97 Å². The van der Waals surface area contributed by atoms with Gasteiger partial charge in [0.05, 0.1) is 19.2 Å². The highest BCUT2D eigenvalue weighted by atomic mass is 16.5. The Hall–Kier alpha value is -3.34. The standard InChI is InChI=1S/C20H17NO4.2C2H6/c1-24-20(23)16-5-4-6-18(13-16)25-17-10-8-15(9-11-17)14-21-12-3-2-7-19(21)22;2*1-2/h2-13H,14H2,1H3;2*1-2H3. The van der Waals surface area contributed by atoms with Crippen LogP contribution < -0.4 is 10.3 Å². The van der Waals surface area contributed by atoms with Crippen LogP contribution in [-0.2, 0) is 11.3 Å². The van der Waals surface area contributed by atoms with Crippen LogP contribution in [0, 0.1) is 0 Å². The summed E-state index contributed by atoms with van der Waals surface area (Å²) < 4.78 is 12.1. The van der Waals surface area contributed by atoms with Gasteiger partial charge in [-0.2, -0.15) is 0 Å². The van der Waals surface area contributed by atoms with E-state index >= 15 is 0 Å². The summed E-state index contributed by atoms with van der Waals surface area (Å²) in [5.74, 6) is 0.787. The Morgan fingerprint density at radius 2 is 1.55 bits per heavy atom. The molecule has 0 radical (unpaired) electrons. The molecule has 3 rings (SSSR count). The molecule has 0 aliphatic carbocycles. The molecule has 1 aromatic heterocycles. The summed E-state index contributed by atoms with van der Waals surface area (Å²) in [6, 6.07) is 19.3. The molecule has 1 heterocycles. The summed E-state index contributed by atoms with van der Waals surface area (Å²) in [7, 11) is 1.34. The minimum absolute atomic E-state index is 0.0394. The fourth-order valence-corrected chi connectivity index (χ4v) is 2.39. The van der Waals surface area contributed by atoms with E-state index < -0.39 is 5.97 Å². The molecule has 0 amide bonds. The Morgan fingerprint density at radius 1 is 0.862 bits per heavy atom. The number of carbonyl (C=O) groups is 1. The molecule has 2 aromatic carbocycles. The first-order chi connectivity index (χ1) is 14.2. The van der Waals surface area contributed by atoms with E-state index in [1.54, 1.807) is 41.1 Å². The molecule has 3 aromatic rings. The van der Waals surface area contributed by atoms with Gasteiger partial charge < -0.3 is 14.0 Å². The van der Waals surface area contributed by atoms with Crippen molar-refractivity contribution in [1.82, 2.24) is 4.57 Å². The lowest BCUT2D eigenvalue weighted by Gasteiger charge is -2.09. The molecule has 0 fully saturated rings. The maximum Gasteiger partial charge on any atom is 0.337 e. The topological polar surface area (TPSA) is 57.5 Å². The van der Waals surface area contributed by atoms with Gasteiger partial charge >= 0.3 is 5.97 Å². The van der Waals surface area contributed by atoms with E-state index in [4.69, 9.17) is 9.47 Å². The van der Waals surface area contributed by atoms with Gasteiger partial charge in [-0.3, -0.25) is 4.79 Å². The predicted octanol–water partition coefficient (Wildman–Crippen LogP) is 5.53. The number of carbonyl (C=O) groups excluding carboxylic acids is 1. The highest BCUT2D eigenvalue weighted by Gasteiger charge is 2.07. The van der Waals surface area contributed by atoms with Gasteiger partial charge in [0, 0.05) is 12.3 Å². The van der Waals surface area contributed by atoms with Gasteiger partial charge in [-0.15, -0.1) is 0 Å². The molecule has 154 valence electrons. The highest BCUT2D eigenvalue weighted by Crippen LogP contribution is 2.23. The van der Waals surface area contributed by atoms with Crippen molar-refractivity contribution in [2.75, 3.05) is 7.11 Å². The molecular formula is C24H29NO4. The average Bonchev–Trinajstić information content (AvgIpc) is 2.79. The molecule has 0 saturated carbocycles. The lowest BCUT2D eigenvalue weighted by Crippen LogP contribution is -2.18. The molecule has 0 aliphatic rings. The average molecular weight is 395 g/mol. The van der Waals surface area contributed by atoms with Crippen molar-refractivity contribution in [2.45, 2.75) is 34.2 Å². The Kier molecular flexibility index (Phi) is 10.6. The number of benzene rings is 2. The predicted molar refractivity (Wildman–Crippen MR) is 117 cm³/mol. The van der Waals surface area contributed by atoms with Crippen molar-refractivity contribution in [3.8, 4) is 11.5 Å². The van der Waals surface area contributed by atoms with Gasteiger partial charge in [0.15, 0.2) is 0 Å². The molecule has 0 spiro atoms. The van der Waals surface area contributed by atoms with Crippen LogP contribution in [0.2, 0.25) is 0 Å². The second kappa shape index (κ2) is 12.9. The lowest BCUT2D eigenvalue weighted by atomic mass is 10.2. The Morgan fingerprint density at radius 3 is 2.17 bits per heavy atom. The molecule has 5 heteroatoms. The highest BCUT2D eigenvalue weighted by molar-refractivity contribution is 5.89. The number of aromatic nitrogens is 1. The summed E-state index contributed by atoms with van der Waals surface area (Å²) in [4.78, 5) is 23.3. The third kappa shape index (κ3) is 7.30. The van der Waals surface area contributed by atoms with Gasteiger partial charge in [-0.05, 0) is 42.0 Å². The van der Waals surface area contributed by atoms with Crippen molar-refractivity contribution in [2.24, 2.45) is 0 Å².